The van der Waals surface area contributed by atoms with E-state index in [1.807, 2.05) is 31.4 Å². The van der Waals surface area contributed by atoms with Crippen molar-refractivity contribution in [2.75, 3.05) is 11.6 Å². The van der Waals surface area contributed by atoms with E-state index in [9.17, 15) is 13.2 Å². The third-order valence-corrected chi connectivity index (χ3v) is 5.64. The van der Waals surface area contributed by atoms with Gasteiger partial charge in [-0.05, 0) is 37.1 Å². The summed E-state index contributed by atoms with van der Waals surface area (Å²) in [6.07, 6.45) is 1.18. The predicted octanol–water partition coefficient (Wildman–Crippen LogP) is 4.22. The lowest BCUT2D eigenvalue weighted by Gasteiger charge is -2.05. The van der Waals surface area contributed by atoms with Gasteiger partial charge in [-0.25, -0.2) is 13.4 Å². The van der Waals surface area contributed by atoms with Gasteiger partial charge < -0.3 is 0 Å². The van der Waals surface area contributed by atoms with Crippen LogP contribution in [-0.2, 0) is 15.6 Å². The molecule has 0 aliphatic rings. The molecule has 7 heteroatoms. The minimum atomic E-state index is -3.10. The van der Waals surface area contributed by atoms with Crippen LogP contribution >= 0.6 is 11.3 Å². The number of hydrogen-bond donors (Lipinski definition) is 1. The fraction of sp³-hybridized carbons (Fsp3) is 0.200. The van der Waals surface area contributed by atoms with E-state index in [1.165, 1.54) is 23.2 Å². The average Bonchev–Trinajstić information content (AvgIpc) is 3.02. The van der Waals surface area contributed by atoms with Crippen molar-refractivity contribution in [3.8, 4) is 11.3 Å². The Balaban J connectivity index is 1.72. The van der Waals surface area contributed by atoms with E-state index >= 15 is 0 Å². The number of nitrogens with one attached hydrogen (secondary N) is 1. The number of anilines is 1. The van der Waals surface area contributed by atoms with E-state index < -0.39 is 9.84 Å². The molecule has 3 aromatic rings. The topological polar surface area (TPSA) is 76.1 Å². The zero-order valence-corrected chi connectivity index (χ0v) is 16.9. The molecule has 140 valence electrons. The Morgan fingerprint density at radius 3 is 2.44 bits per heavy atom. The highest BCUT2D eigenvalue weighted by molar-refractivity contribution is 7.89. The van der Waals surface area contributed by atoms with Crippen LogP contribution in [0, 0.1) is 13.8 Å². The molecule has 0 radical (unpaired) electrons. The Hall–Kier alpha value is -2.51. The monoisotopic (exact) mass is 400 g/mol. The molecule has 3 rings (SSSR count). The Labute approximate surface area is 163 Å². The summed E-state index contributed by atoms with van der Waals surface area (Å²) in [4.78, 5) is 16.9. The van der Waals surface area contributed by atoms with E-state index in [2.05, 4.69) is 16.4 Å². The number of rotatable bonds is 5. The largest absolute Gasteiger partial charge is 0.298 e. The molecule has 0 aliphatic heterocycles. The van der Waals surface area contributed by atoms with Crippen LogP contribution < -0.4 is 5.32 Å². The van der Waals surface area contributed by atoms with Crippen LogP contribution in [0.1, 0.15) is 27.0 Å². The van der Waals surface area contributed by atoms with Crippen LogP contribution in [0.15, 0.2) is 47.8 Å². The highest BCUT2D eigenvalue weighted by Gasteiger charge is 2.12. The number of carbonyl (C=O) groups excluding carboxylic acids is 1. The quantitative estimate of drug-likeness (QED) is 0.696. The summed E-state index contributed by atoms with van der Waals surface area (Å²) < 4.78 is 22.7. The first-order valence-electron chi connectivity index (χ1n) is 8.32. The zero-order chi connectivity index (χ0) is 19.6. The van der Waals surface area contributed by atoms with Gasteiger partial charge in [0.15, 0.2) is 15.0 Å². The Morgan fingerprint density at radius 2 is 1.81 bits per heavy atom. The van der Waals surface area contributed by atoms with Gasteiger partial charge in [-0.15, -0.1) is 11.3 Å². The lowest BCUT2D eigenvalue weighted by atomic mass is 10.0. The number of aromatic nitrogens is 1. The van der Waals surface area contributed by atoms with Crippen LogP contribution in [0.5, 0.6) is 0 Å². The van der Waals surface area contributed by atoms with Crippen molar-refractivity contribution < 1.29 is 13.2 Å². The number of amides is 1. The van der Waals surface area contributed by atoms with Gasteiger partial charge in [0, 0.05) is 22.8 Å². The zero-order valence-electron chi connectivity index (χ0n) is 15.3. The first-order chi connectivity index (χ1) is 12.7. The van der Waals surface area contributed by atoms with Crippen molar-refractivity contribution in [2.45, 2.75) is 19.6 Å². The number of thiazole rings is 1. The summed E-state index contributed by atoms with van der Waals surface area (Å²) in [5, 5.41) is 5.24. The third kappa shape index (κ3) is 5.02. The molecule has 0 fully saturated rings. The molecule has 1 aromatic heterocycles. The summed E-state index contributed by atoms with van der Waals surface area (Å²) in [6, 6.07) is 12.7. The molecule has 0 saturated carbocycles. The molecule has 1 heterocycles. The molecule has 27 heavy (non-hydrogen) atoms. The molecule has 0 bridgehead atoms. The van der Waals surface area contributed by atoms with Gasteiger partial charge in [0.1, 0.15) is 0 Å². The van der Waals surface area contributed by atoms with E-state index in [-0.39, 0.29) is 11.7 Å². The molecular formula is C20H20N2O3S2. The number of carbonyl (C=O) groups is 1. The number of hydrogen-bond acceptors (Lipinski definition) is 5. The van der Waals surface area contributed by atoms with Crippen molar-refractivity contribution >= 4 is 32.2 Å². The molecule has 1 N–H and O–H groups in total. The second-order valence-corrected chi connectivity index (χ2v) is 9.58. The van der Waals surface area contributed by atoms with E-state index in [0.29, 0.717) is 16.3 Å². The predicted molar refractivity (Wildman–Crippen MR) is 110 cm³/mol. The maximum absolute atomic E-state index is 12.4. The average molecular weight is 401 g/mol. The van der Waals surface area contributed by atoms with Crippen LogP contribution in [0.4, 0.5) is 5.13 Å². The summed E-state index contributed by atoms with van der Waals surface area (Å²) in [5.41, 5.74) is 5.31. The van der Waals surface area contributed by atoms with Gasteiger partial charge in [-0.1, -0.05) is 35.9 Å². The van der Waals surface area contributed by atoms with Gasteiger partial charge in [0.25, 0.3) is 5.91 Å². The van der Waals surface area contributed by atoms with Crippen LogP contribution in [-0.4, -0.2) is 25.6 Å². The van der Waals surface area contributed by atoms with Crippen molar-refractivity contribution in [3.63, 3.8) is 0 Å². The smallest absolute Gasteiger partial charge is 0.257 e. The molecule has 0 spiro atoms. The summed E-state index contributed by atoms with van der Waals surface area (Å²) in [7, 11) is -3.10. The summed E-state index contributed by atoms with van der Waals surface area (Å²) in [6.45, 7) is 4.09. The number of sulfone groups is 1. The molecule has 0 aliphatic carbocycles. The molecule has 0 atom stereocenters. The molecule has 0 saturated heterocycles. The second kappa shape index (κ2) is 7.62. The SMILES string of the molecule is Cc1ccc(-c2csc(NC(=O)c3ccc(CS(C)(=O)=O)cc3)n2)c(C)c1. The Morgan fingerprint density at radius 1 is 1.11 bits per heavy atom. The Bertz CT molecular complexity index is 1080. The molecule has 2 aromatic carbocycles. The maximum atomic E-state index is 12.4. The van der Waals surface area contributed by atoms with Gasteiger partial charge >= 0.3 is 0 Å². The van der Waals surface area contributed by atoms with Crippen LogP contribution in [0.25, 0.3) is 11.3 Å². The van der Waals surface area contributed by atoms with Gasteiger partial charge in [0.2, 0.25) is 0 Å². The Kier molecular flexibility index (Phi) is 5.43. The maximum Gasteiger partial charge on any atom is 0.257 e. The fourth-order valence-electron chi connectivity index (χ4n) is 2.78. The van der Waals surface area contributed by atoms with Gasteiger partial charge in [0.05, 0.1) is 11.4 Å². The van der Waals surface area contributed by atoms with Crippen molar-refractivity contribution in [2.24, 2.45) is 0 Å². The van der Waals surface area contributed by atoms with Crippen molar-refractivity contribution in [3.05, 3.63) is 70.1 Å². The first-order valence-corrected chi connectivity index (χ1v) is 11.3. The van der Waals surface area contributed by atoms with Crippen molar-refractivity contribution in [1.29, 1.82) is 0 Å². The second-order valence-electron chi connectivity index (χ2n) is 6.58. The number of nitrogens with zero attached hydrogens (tertiary/aromatic N) is 1. The summed E-state index contributed by atoms with van der Waals surface area (Å²) in [5.74, 6) is -0.317. The molecule has 1 amide bonds. The minimum absolute atomic E-state index is 0.0410. The van der Waals surface area contributed by atoms with Gasteiger partial charge in [-0.2, -0.15) is 0 Å². The van der Waals surface area contributed by atoms with Crippen LogP contribution in [0.2, 0.25) is 0 Å². The highest BCUT2D eigenvalue weighted by atomic mass is 32.2. The van der Waals surface area contributed by atoms with E-state index in [0.717, 1.165) is 16.8 Å². The highest BCUT2D eigenvalue weighted by Crippen LogP contribution is 2.28. The molecule has 5 nitrogen and oxygen atoms in total. The molecule has 0 unspecified atom stereocenters. The lowest BCUT2D eigenvalue weighted by Crippen LogP contribution is -2.12. The normalized spacial score (nSPS) is 11.4. The lowest BCUT2D eigenvalue weighted by molar-refractivity contribution is 0.102. The minimum Gasteiger partial charge on any atom is -0.298 e. The van der Waals surface area contributed by atoms with E-state index in [4.69, 9.17) is 0 Å². The standard InChI is InChI=1S/C20H20N2O3S2/c1-13-4-9-17(14(2)10-13)18-11-26-20(21-18)22-19(23)16-7-5-15(6-8-16)12-27(3,24)25/h4-11H,12H2,1-3H3,(H,21,22,23). The number of aryl methyl sites for hydroxylation is 2. The number of benzene rings is 2. The van der Waals surface area contributed by atoms with Crippen molar-refractivity contribution in [1.82, 2.24) is 4.98 Å². The first kappa shape index (κ1) is 19.3. The summed E-state index contributed by atoms with van der Waals surface area (Å²) >= 11 is 1.37. The van der Waals surface area contributed by atoms with Crippen LogP contribution in [0.3, 0.4) is 0 Å². The van der Waals surface area contributed by atoms with Gasteiger partial charge in [-0.3, -0.25) is 10.1 Å². The molecular weight excluding hydrogens is 380 g/mol. The fourth-order valence-corrected chi connectivity index (χ4v) is 4.28. The van der Waals surface area contributed by atoms with E-state index in [1.54, 1.807) is 24.3 Å². The third-order valence-electron chi connectivity index (χ3n) is 4.03.